The molecule has 2 aliphatic heterocycles. The molecule has 3 aromatic rings. The molecular formula is C27H28ClN5O3S2. The van der Waals surface area contributed by atoms with Gasteiger partial charge in [-0.05, 0) is 49.2 Å². The number of aromatic nitrogens is 2. The Balaban J connectivity index is 1.50. The summed E-state index contributed by atoms with van der Waals surface area (Å²) >= 11 is 12.9. The number of piperazine rings is 1. The number of anilines is 2. The van der Waals surface area contributed by atoms with E-state index in [1.165, 1.54) is 11.8 Å². The third kappa shape index (κ3) is 5.31. The number of carbonyl (C=O) groups is 1. The fourth-order valence-corrected chi connectivity index (χ4v) is 6.18. The smallest absolute Gasteiger partial charge is 0.267 e. The molecule has 11 heteroatoms. The quantitative estimate of drug-likeness (QED) is 0.238. The van der Waals surface area contributed by atoms with Gasteiger partial charge >= 0.3 is 0 Å². The monoisotopic (exact) mass is 569 g/mol. The van der Waals surface area contributed by atoms with E-state index in [-0.39, 0.29) is 11.5 Å². The highest BCUT2D eigenvalue weighted by Gasteiger charge is 2.33. The molecule has 2 aliphatic rings. The Morgan fingerprint density at radius 1 is 1.13 bits per heavy atom. The Labute approximate surface area is 235 Å². The summed E-state index contributed by atoms with van der Waals surface area (Å²) < 4.78 is 7.15. The van der Waals surface area contributed by atoms with E-state index >= 15 is 0 Å². The van der Waals surface area contributed by atoms with Crippen LogP contribution in [-0.4, -0.2) is 71.0 Å². The van der Waals surface area contributed by atoms with Crippen LogP contribution in [-0.2, 0) is 9.53 Å². The number of thioether (sulfide) groups is 1. The van der Waals surface area contributed by atoms with Crippen LogP contribution < -0.4 is 15.4 Å². The lowest BCUT2D eigenvalue weighted by molar-refractivity contribution is -0.122. The van der Waals surface area contributed by atoms with Gasteiger partial charge in [-0.25, -0.2) is 4.98 Å². The molecule has 0 aliphatic carbocycles. The number of amides is 1. The second-order valence-corrected chi connectivity index (χ2v) is 11.3. The van der Waals surface area contributed by atoms with Gasteiger partial charge in [0.15, 0.2) is 0 Å². The molecule has 38 heavy (non-hydrogen) atoms. The van der Waals surface area contributed by atoms with Crippen molar-refractivity contribution in [1.29, 1.82) is 0 Å². The topological polar surface area (TPSA) is 70.4 Å². The number of methoxy groups -OCH3 is 1. The van der Waals surface area contributed by atoms with Gasteiger partial charge in [0, 0.05) is 63.3 Å². The van der Waals surface area contributed by atoms with Gasteiger partial charge in [-0.3, -0.25) is 18.9 Å². The molecular weight excluding hydrogens is 542 g/mol. The Kier molecular flexibility index (Phi) is 8.04. The van der Waals surface area contributed by atoms with E-state index in [2.05, 4.69) is 9.80 Å². The van der Waals surface area contributed by atoms with Crippen molar-refractivity contribution in [3.8, 4) is 0 Å². The highest BCUT2D eigenvalue weighted by molar-refractivity contribution is 8.26. The summed E-state index contributed by atoms with van der Waals surface area (Å²) in [5, 5.41) is 0.700. The third-order valence-electron chi connectivity index (χ3n) is 6.70. The van der Waals surface area contributed by atoms with E-state index in [0.29, 0.717) is 63.9 Å². The molecule has 0 N–H and O–H groups in total. The lowest BCUT2D eigenvalue weighted by Crippen LogP contribution is -2.47. The van der Waals surface area contributed by atoms with Gasteiger partial charge in [0.1, 0.15) is 15.8 Å². The zero-order valence-corrected chi connectivity index (χ0v) is 23.6. The number of rotatable bonds is 7. The van der Waals surface area contributed by atoms with Crippen LogP contribution in [0.3, 0.4) is 0 Å². The van der Waals surface area contributed by atoms with Crippen molar-refractivity contribution in [1.82, 2.24) is 14.3 Å². The highest BCUT2D eigenvalue weighted by atomic mass is 35.5. The molecule has 198 valence electrons. The average Bonchev–Trinajstić information content (AvgIpc) is 3.18. The summed E-state index contributed by atoms with van der Waals surface area (Å²) in [5.41, 5.74) is 2.75. The summed E-state index contributed by atoms with van der Waals surface area (Å²) in [7, 11) is 1.63. The van der Waals surface area contributed by atoms with Gasteiger partial charge in [0.05, 0.1) is 10.5 Å². The molecule has 0 atom stereocenters. The number of benzene rings is 1. The van der Waals surface area contributed by atoms with Crippen LogP contribution in [0.1, 0.15) is 17.5 Å². The minimum Gasteiger partial charge on any atom is -0.385 e. The van der Waals surface area contributed by atoms with Crippen molar-refractivity contribution in [3.05, 3.63) is 74.0 Å². The van der Waals surface area contributed by atoms with Crippen LogP contribution in [0.5, 0.6) is 0 Å². The van der Waals surface area contributed by atoms with E-state index in [0.717, 1.165) is 24.3 Å². The fraction of sp³-hybridized carbons (Fsp3) is 0.333. The molecule has 0 saturated carbocycles. The number of ether oxygens (including phenoxy) is 1. The van der Waals surface area contributed by atoms with Gasteiger partial charge < -0.3 is 14.5 Å². The number of aryl methyl sites for hydroxylation is 1. The Morgan fingerprint density at radius 2 is 1.89 bits per heavy atom. The SMILES string of the molecule is COCCCN1C(=O)/C(=C/c2c(N3CCN(c4cccc(Cl)c4)CC3)nc3c(C)cccn3c2=O)SC1=S. The number of pyridine rings is 1. The lowest BCUT2D eigenvalue weighted by atomic mass is 10.2. The number of carbonyl (C=O) groups excluding carboxylic acids is 1. The molecule has 1 amide bonds. The summed E-state index contributed by atoms with van der Waals surface area (Å²) in [6, 6.07) is 11.6. The van der Waals surface area contributed by atoms with E-state index in [1.807, 2.05) is 43.3 Å². The van der Waals surface area contributed by atoms with Crippen molar-refractivity contribution in [2.75, 3.05) is 56.2 Å². The van der Waals surface area contributed by atoms with Gasteiger partial charge in [-0.1, -0.05) is 47.7 Å². The molecule has 2 saturated heterocycles. The first kappa shape index (κ1) is 26.7. The molecule has 0 radical (unpaired) electrons. The van der Waals surface area contributed by atoms with Crippen molar-refractivity contribution < 1.29 is 9.53 Å². The van der Waals surface area contributed by atoms with Gasteiger partial charge in [0.25, 0.3) is 11.5 Å². The Morgan fingerprint density at radius 3 is 2.63 bits per heavy atom. The van der Waals surface area contributed by atoms with Crippen molar-refractivity contribution >= 4 is 69.0 Å². The molecule has 1 aromatic carbocycles. The van der Waals surface area contributed by atoms with E-state index in [4.69, 9.17) is 33.5 Å². The average molecular weight is 570 g/mol. The second-order valence-electron chi connectivity index (χ2n) is 9.17. The van der Waals surface area contributed by atoms with Gasteiger partial charge in [-0.2, -0.15) is 0 Å². The van der Waals surface area contributed by atoms with E-state index in [9.17, 15) is 9.59 Å². The largest absolute Gasteiger partial charge is 0.385 e. The summed E-state index contributed by atoms with van der Waals surface area (Å²) in [5.74, 6) is 0.390. The summed E-state index contributed by atoms with van der Waals surface area (Å²) in [4.78, 5) is 38.3. The number of thiocarbonyl (C=S) groups is 1. The number of fused-ring (bicyclic) bond motifs is 1. The molecule has 0 unspecified atom stereocenters. The maximum atomic E-state index is 13.8. The molecule has 4 heterocycles. The molecule has 5 rings (SSSR count). The zero-order chi connectivity index (χ0) is 26.8. The highest BCUT2D eigenvalue weighted by Crippen LogP contribution is 2.34. The Hall–Kier alpha value is -2.92. The van der Waals surface area contributed by atoms with E-state index in [1.54, 1.807) is 28.7 Å². The maximum Gasteiger partial charge on any atom is 0.267 e. The number of hydrogen-bond donors (Lipinski definition) is 0. The van der Waals surface area contributed by atoms with Crippen LogP contribution in [0.4, 0.5) is 11.5 Å². The van der Waals surface area contributed by atoms with Crippen LogP contribution in [0.15, 0.2) is 52.3 Å². The van der Waals surface area contributed by atoms with Gasteiger partial charge in [0.2, 0.25) is 0 Å². The van der Waals surface area contributed by atoms with Crippen LogP contribution in [0.25, 0.3) is 11.7 Å². The van der Waals surface area contributed by atoms with E-state index < -0.39 is 0 Å². The van der Waals surface area contributed by atoms with Crippen molar-refractivity contribution in [2.45, 2.75) is 13.3 Å². The summed E-state index contributed by atoms with van der Waals surface area (Å²) in [6.45, 7) is 5.78. The molecule has 2 fully saturated rings. The minimum absolute atomic E-state index is 0.193. The standard InChI is InChI=1S/C27H28ClN5O3S2/c1-18-6-4-9-32-23(18)29-24(31-13-11-30(12-14-31)20-8-3-7-19(28)16-20)21(25(32)34)17-22-26(35)33(27(37)38-22)10-5-15-36-2/h3-4,6-9,16-17H,5,10-15H2,1-2H3/b22-17-. The molecule has 2 aromatic heterocycles. The second kappa shape index (κ2) is 11.4. The first-order valence-electron chi connectivity index (χ1n) is 12.4. The first-order valence-corrected chi connectivity index (χ1v) is 14.0. The zero-order valence-electron chi connectivity index (χ0n) is 21.2. The predicted molar refractivity (Wildman–Crippen MR) is 158 cm³/mol. The number of halogens is 1. The fourth-order valence-electron chi connectivity index (χ4n) is 4.71. The Bertz CT molecular complexity index is 1480. The maximum absolute atomic E-state index is 13.8. The predicted octanol–water partition coefficient (Wildman–Crippen LogP) is 4.22. The minimum atomic E-state index is -0.212. The van der Waals surface area contributed by atoms with Crippen LogP contribution >= 0.6 is 35.6 Å². The number of nitrogens with zero attached hydrogens (tertiary/aromatic N) is 5. The summed E-state index contributed by atoms with van der Waals surface area (Å²) in [6.07, 6.45) is 4.06. The molecule has 0 bridgehead atoms. The first-order chi connectivity index (χ1) is 18.4. The molecule has 8 nitrogen and oxygen atoms in total. The van der Waals surface area contributed by atoms with Crippen LogP contribution in [0, 0.1) is 6.92 Å². The lowest BCUT2D eigenvalue weighted by Gasteiger charge is -2.37. The van der Waals surface area contributed by atoms with Gasteiger partial charge in [-0.15, -0.1) is 0 Å². The van der Waals surface area contributed by atoms with Crippen molar-refractivity contribution in [2.24, 2.45) is 0 Å². The normalized spacial score (nSPS) is 17.3. The van der Waals surface area contributed by atoms with Crippen LogP contribution in [0.2, 0.25) is 5.02 Å². The number of hydrogen-bond acceptors (Lipinski definition) is 8. The molecule has 0 spiro atoms. The third-order valence-corrected chi connectivity index (χ3v) is 8.31. The van der Waals surface area contributed by atoms with Crippen molar-refractivity contribution in [3.63, 3.8) is 0 Å².